The van der Waals surface area contributed by atoms with Gasteiger partial charge in [-0.15, -0.1) is 0 Å². The van der Waals surface area contributed by atoms with Crippen molar-refractivity contribution in [2.75, 3.05) is 11.4 Å². The van der Waals surface area contributed by atoms with Crippen molar-refractivity contribution in [2.24, 2.45) is 0 Å². The van der Waals surface area contributed by atoms with E-state index < -0.39 is 0 Å². The molecule has 2 aromatic carbocycles. The monoisotopic (exact) mass is 363 g/mol. The first-order chi connectivity index (χ1) is 10.1. The Hall–Kier alpha value is -1.32. The number of benzene rings is 2. The van der Waals surface area contributed by atoms with E-state index in [1.54, 1.807) is 6.07 Å². The predicted octanol–water partition coefficient (Wildman–Crippen LogP) is 5.00. The molecule has 4 heteroatoms. The Morgan fingerprint density at radius 2 is 2.10 bits per heavy atom. The quantitative estimate of drug-likeness (QED) is 0.697. The zero-order valence-electron chi connectivity index (χ0n) is 11.7. The van der Waals surface area contributed by atoms with Crippen molar-refractivity contribution in [2.45, 2.75) is 19.8 Å². The summed E-state index contributed by atoms with van der Waals surface area (Å²) in [4.78, 5) is 14.7. The summed E-state index contributed by atoms with van der Waals surface area (Å²) in [5.41, 5.74) is 4.01. The minimum atomic E-state index is -0.0360. The third-order valence-corrected chi connectivity index (χ3v) is 5.08. The average Bonchev–Trinajstić information content (AvgIpc) is 2.48. The van der Waals surface area contributed by atoms with Crippen LogP contribution in [0.1, 0.15) is 27.9 Å². The third kappa shape index (κ3) is 2.72. The van der Waals surface area contributed by atoms with Crippen molar-refractivity contribution >= 4 is 39.1 Å². The van der Waals surface area contributed by atoms with Crippen LogP contribution < -0.4 is 4.90 Å². The normalized spacial score (nSPS) is 14.0. The smallest absolute Gasteiger partial charge is 0.259 e. The van der Waals surface area contributed by atoms with Gasteiger partial charge in [-0.05, 0) is 59.5 Å². The Labute approximate surface area is 137 Å². The van der Waals surface area contributed by atoms with Crippen molar-refractivity contribution in [3.8, 4) is 0 Å². The van der Waals surface area contributed by atoms with Crippen LogP contribution >= 0.6 is 27.5 Å². The molecule has 0 aromatic heterocycles. The summed E-state index contributed by atoms with van der Waals surface area (Å²) in [5.74, 6) is -0.0360. The summed E-state index contributed by atoms with van der Waals surface area (Å²) in [6, 6.07) is 11.7. The van der Waals surface area contributed by atoms with E-state index in [2.05, 4.69) is 28.9 Å². The van der Waals surface area contributed by atoms with E-state index in [0.717, 1.165) is 29.5 Å². The number of carbonyl (C=O) groups is 1. The summed E-state index contributed by atoms with van der Waals surface area (Å²) in [6.45, 7) is 2.81. The van der Waals surface area contributed by atoms with Crippen molar-refractivity contribution in [1.82, 2.24) is 0 Å². The molecule has 1 heterocycles. The minimum Gasteiger partial charge on any atom is -0.308 e. The molecular formula is C17H15BrClNO. The summed E-state index contributed by atoms with van der Waals surface area (Å²) in [7, 11) is 0. The van der Waals surface area contributed by atoms with Gasteiger partial charge in [0.1, 0.15) is 0 Å². The van der Waals surface area contributed by atoms with Gasteiger partial charge in [-0.25, -0.2) is 0 Å². The van der Waals surface area contributed by atoms with E-state index in [-0.39, 0.29) is 5.91 Å². The van der Waals surface area contributed by atoms with Crippen LogP contribution in [-0.2, 0) is 6.42 Å². The first kappa shape index (κ1) is 14.6. The summed E-state index contributed by atoms with van der Waals surface area (Å²) in [6.07, 6.45) is 2.00. The number of hydrogen-bond acceptors (Lipinski definition) is 1. The van der Waals surface area contributed by atoms with Gasteiger partial charge < -0.3 is 4.90 Å². The zero-order chi connectivity index (χ0) is 15.0. The third-order valence-electron chi connectivity index (χ3n) is 3.78. The molecule has 1 amide bonds. The molecule has 0 unspecified atom stereocenters. The molecule has 0 N–H and O–H groups in total. The Kier molecular flexibility index (Phi) is 4.05. The largest absolute Gasteiger partial charge is 0.308 e. The molecule has 2 nitrogen and oxygen atoms in total. The van der Waals surface area contributed by atoms with Crippen LogP contribution in [0.5, 0.6) is 0 Å². The fourth-order valence-electron chi connectivity index (χ4n) is 2.75. The van der Waals surface area contributed by atoms with E-state index >= 15 is 0 Å². The van der Waals surface area contributed by atoms with Crippen LogP contribution in [0.25, 0.3) is 0 Å². The summed E-state index contributed by atoms with van der Waals surface area (Å²) in [5, 5.41) is 0.474. The van der Waals surface area contributed by atoms with Crippen LogP contribution in [-0.4, -0.2) is 12.5 Å². The van der Waals surface area contributed by atoms with Gasteiger partial charge in [0.15, 0.2) is 0 Å². The average molecular weight is 365 g/mol. The number of amides is 1. The number of fused-ring (bicyclic) bond motifs is 1. The van der Waals surface area contributed by atoms with Gasteiger partial charge >= 0.3 is 0 Å². The second kappa shape index (κ2) is 5.82. The van der Waals surface area contributed by atoms with Gasteiger partial charge in [-0.2, -0.15) is 0 Å². The van der Waals surface area contributed by atoms with E-state index in [1.165, 1.54) is 11.1 Å². The van der Waals surface area contributed by atoms with E-state index in [0.29, 0.717) is 10.6 Å². The highest BCUT2D eigenvalue weighted by atomic mass is 79.9. The number of halogens is 2. The Morgan fingerprint density at radius 3 is 2.90 bits per heavy atom. The molecule has 0 atom stereocenters. The number of anilines is 1. The van der Waals surface area contributed by atoms with Gasteiger partial charge in [0, 0.05) is 16.7 Å². The first-order valence-electron chi connectivity index (χ1n) is 6.93. The van der Waals surface area contributed by atoms with Gasteiger partial charge in [-0.3, -0.25) is 4.79 Å². The van der Waals surface area contributed by atoms with Crippen molar-refractivity contribution < 1.29 is 4.79 Å². The highest BCUT2D eigenvalue weighted by molar-refractivity contribution is 9.10. The highest BCUT2D eigenvalue weighted by Crippen LogP contribution is 2.32. The van der Waals surface area contributed by atoms with Gasteiger partial charge in [0.25, 0.3) is 5.91 Å². The maximum atomic E-state index is 12.8. The summed E-state index contributed by atoms with van der Waals surface area (Å²) < 4.78 is 0.746. The van der Waals surface area contributed by atoms with Gasteiger partial charge in [0.2, 0.25) is 0 Å². The predicted molar refractivity (Wildman–Crippen MR) is 90.3 cm³/mol. The SMILES string of the molecule is Cc1ccc2c(c1)CCCN2C(=O)c1cccc(Br)c1Cl. The second-order valence-corrected chi connectivity index (χ2v) is 6.53. The van der Waals surface area contributed by atoms with Crippen LogP contribution in [0.3, 0.4) is 0 Å². The van der Waals surface area contributed by atoms with Crippen LogP contribution in [0.15, 0.2) is 40.9 Å². The van der Waals surface area contributed by atoms with E-state index in [9.17, 15) is 4.79 Å². The second-order valence-electron chi connectivity index (χ2n) is 5.29. The van der Waals surface area contributed by atoms with Crippen molar-refractivity contribution in [3.63, 3.8) is 0 Å². The van der Waals surface area contributed by atoms with Crippen LogP contribution in [0.2, 0.25) is 5.02 Å². The highest BCUT2D eigenvalue weighted by Gasteiger charge is 2.25. The molecule has 0 spiro atoms. The number of aryl methyl sites for hydroxylation is 2. The lowest BCUT2D eigenvalue weighted by atomic mass is 9.99. The van der Waals surface area contributed by atoms with E-state index in [4.69, 9.17) is 11.6 Å². The zero-order valence-corrected chi connectivity index (χ0v) is 14.0. The lowest BCUT2D eigenvalue weighted by Crippen LogP contribution is -2.35. The molecule has 1 aliphatic rings. The Morgan fingerprint density at radius 1 is 1.29 bits per heavy atom. The number of hydrogen-bond donors (Lipinski definition) is 0. The Bertz CT molecular complexity index is 714. The van der Waals surface area contributed by atoms with E-state index in [1.807, 2.05) is 29.2 Å². The molecule has 0 radical (unpaired) electrons. The molecule has 108 valence electrons. The number of nitrogens with zero attached hydrogens (tertiary/aromatic N) is 1. The molecular weight excluding hydrogens is 350 g/mol. The molecule has 21 heavy (non-hydrogen) atoms. The van der Waals surface area contributed by atoms with Gasteiger partial charge in [-0.1, -0.05) is 35.4 Å². The van der Waals surface area contributed by atoms with Crippen LogP contribution in [0, 0.1) is 6.92 Å². The maximum absolute atomic E-state index is 12.8. The lowest BCUT2D eigenvalue weighted by molar-refractivity contribution is 0.0985. The summed E-state index contributed by atoms with van der Waals surface area (Å²) >= 11 is 9.64. The van der Waals surface area contributed by atoms with Gasteiger partial charge in [0.05, 0.1) is 10.6 Å². The topological polar surface area (TPSA) is 20.3 Å². The standard InChI is InChI=1S/C17H15BrClNO/c1-11-7-8-15-12(10-11)4-3-9-20(15)17(21)13-5-2-6-14(18)16(13)19/h2,5-8,10H,3-4,9H2,1H3. The molecule has 0 aliphatic carbocycles. The maximum Gasteiger partial charge on any atom is 0.259 e. The van der Waals surface area contributed by atoms with Crippen molar-refractivity contribution in [1.29, 1.82) is 0 Å². The minimum absolute atomic E-state index is 0.0360. The number of rotatable bonds is 1. The Balaban J connectivity index is 2.02. The lowest BCUT2D eigenvalue weighted by Gasteiger charge is -2.30. The molecule has 0 bridgehead atoms. The molecule has 0 fully saturated rings. The molecule has 2 aromatic rings. The molecule has 0 saturated carbocycles. The molecule has 3 rings (SSSR count). The molecule has 1 aliphatic heterocycles. The first-order valence-corrected chi connectivity index (χ1v) is 8.10. The fourth-order valence-corrected chi connectivity index (χ4v) is 3.32. The number of carbonyl (C=O) groups excluding carboxylic acids is 1. The van der Waals surface area contributed by atoms with Crippen molar-refractivity contribution in [3.05, 3.63) is 62.6 Å². The fraction of sp³-hybridized carbons (Fsp3) is 0.235. The van der Waals surface area contributed by atoms with Crippen LogP contribution in [0.4, 0.5) is 5.69 Å². The molecule has 0 saturated heterocycles.